The predicted molar refractivity (Wildman–Crippen MR) is 78.1 cm³/mol. The molecular weight excluding hydrogens is 238 g/mol. The number of hydrogen-bond acceptors (Lipinski definition) is 2. The molecule has 0 aromatic carbocycles. The van der Waals surface area contributed by atoms with Crippen LogP contribution in [0.15, 0.2) is 41.7 Å². The van der Waals surface area contributed by atoms with Crippen LogP contribution in [0.25, 0.3) is 5.65 Å². The van der Waals surface area contributed by atoms with E-state index in [0.717, 1.165) is 16.9 Å². The van der Waals surface area contributed by atoms with Crippen LogP contribution in [0.4, 0.5) is 0 Å². The van der Waals surface area contributed by atoms with Gasteiger partial charge >= 0.3 is 0 Å². The lowest BCUT2D eigenvalue weighted by Gasteiger charge is -2.03. The molecule has 2 aromatic rings. The topological polar surface area (TPSA) is 67.7 Å². The Morgan fingerprint density at radius 1 is 1.47 bits per heavy atom. The maximum Gasteiger partial charge on any atom is 0.189 e. The molecular formula is C14H19N5. The number of hydrogen-bond donors (Lipinski definition) is 2. The molecule has 0 aliphatic rings. The highest BCUT2D eigenvalue weighted by molar-refractivity contribution is 5.78. The van der Waals surface area contributed by atoms with Gasteiger partial charge < -0.3 is 15.5 Å². The van der Waals surface area contributed by atoms with Gasteiger partial charge in [0.15, 0.2) is 5.96 Å². The fourth-order valence-electron chi connectivity index (χ4n) is 1.70. The van der Waals surface area contributed by atoms with Crippen LogP contribution >= 0.6 is 0 Å². The molecule has 0 amide bonds. The van der Waals surface area contributed by atoms with Gasteiger partial charge in [-0.05, 0) is 25.5 Å². The highest BCUT2D eigenvalue weighted by Gasteiger charge is 2.01. The molecule has 0 atom stereocenters. The van der Waals surface area contributed by atoms with Crippen molar-refractivity contribution in [1.29, 1.82) is 0 Å². The summed E-state index contributed by atoms with van der Waals surface area (Å²) in [5.41, 5.74) is 9.78. The van der Waals surface area contributed by atoms with Crippen molar-refractivity contribution in [3.05, 3.63) is 47.9 Å². The number of nitrogens with zero attached hydrogens (tertiary/aromatic N) is 3. The number of nitrogens with one attached hydrogen (secondary N) is 1. The summed E-state index contributed by atoms with van der Waals surface area (Å²) in [5, 5.41) is 2.99. The van der Waals surface area contributed by atoms with E-state index in [0.29, 0.717) is 19.0 Å². The van der Waals surface area contributed by atoms with Crippen LogP contribution in [0.5, 0.6) is 0 Å². The molecule has 0 saturated carbocycles. The second-order valence-electron chi connectivity index (χ2n) is 4.72. The van der Waals surface area contributed by atoms with Crippen LogP contribution in [-0.4, -0.2) is 21.9 Å². The Kier molecular flexibility index (Phi) is 3.85. The summed E-state index contributed by atoms with van der Waals surface area (Å²) in [6.45, 7) is 8.89. The van der Waals surface area contributed by atoms with Gasteiger partial charge in [-0.25, -0.2) is 9.98 Å². The molecule has 0 radical (unpaired) electrons. The SMILES string of the molecule is C=C(C)CNC(N)=NCc1cn2cc(C)ccc2n1. The maximum absolute atomic E-state index is 5.75. The number of fused-ring (bicyclic) bond motifs is 1. The molecule has 0 bridgehead atoms. The summed E-state index contributed by atoms with van der Waals surface area (Å²) in [4.78, 5) is 8.73. The minimum atomic E-state index is 0.413. The van der Waals surface area contributed by atoms with E-state index < -0.39 is 0 Å². The first-order chi connectivity index (χ1) is 9.04. The van der Waals surface area contributed by atoms with Crippen LogP contribution in [0.2, 0.25) is 0 Å². The number of nitrogens with two attached hydrogens (primary N) is 1. The highest BCUT2D eigenvalue weighted by Crippen LogP contribution is 2.07. The Hall–Kier alpha value is -2.30. The van der Waals surface area contributed by atoms with Crippen molar-refractivity contribution in [1.82, 2.24) is 14.7 Å². The average Bonchev–Trinajstić information content (AvgIpc) is 2.75. The minimum Gasteiger partial charge on any atom is -0.370 e. The van der Waals surface area contributed by atoms with Gasteiger partial charge in [-0.3, -0.25) is 0 Å². The van der Waals surface area contributed by atoms with E-state index in [2.05, 4.69) is 28.8 Å². The zero-order valence-corrected chi connectivity index (χ0v) is 11.3. The fraction of sp³-hybridized carbons (Fsp3) is 0.286. The molecule has 0 aliphatic carbocycles. The number of aliphatic imine (C=N–C) groups is 1. The lowest BCUT2D eigenvalue weighted by molar-refractivity contribution is 0.928. The van der Waals surface area contributed by atoms with E-state index in [1.165, 1.54) is 5.56 Å². The Labute approximate surface area is 112 Å². The van der Waals surface area contributed by atoms with Crippen molar-refractivity contribution in [3.63, 3.8) is 0 Å². The summed E-state index contributed by atoms with van der Waals surface area (Å²) in [7, 11) is 0. The monoisotopic (exact) mass is 257 g/mol. The van der Waals surface area contributed by atoms with Crippen molar-refractivity contribution < 1.29 is 0 Å². The summed E-state index contributed by atoms with van der Waals surface area (Å²) >= 11 is 0. The Bertz CT molecular complexity index is 624. The van der Waals surface area contributed by atoms with Gasteiger partial charge in [0.2, 0.25) is 0 Å². The first-order valence-electron chi connectivity index (χ1n) is 6.17. The Morgan fingerprint density at radius 3 is 3.00 bits per heavy atom. The molecule has 0 spiro atoms. The molecule has 100 valence electrons. The van der Waals surface area contributed by atoms with E-state index in [1.807, 2.05) is 35.9 Å². The quantitative estimate of drug-likeness (QED) is 0.497. The van der Waals surface area contributed by atoms with Crippen molar-refractivity contribution in [2.24, 2.45) is 10.7 Å². The van der Waals surface area contributed by atoms with Crippen LogP contribution in [0.1, 0.15) is 18.2 Å². The van der Waals surface area contributed by atoms with Crippen LogP contribution in [0, 0.1) is 6.92 Å². The van der Waals surface area contributed by atoms with E-state index >= 15 is 0 Å². The zero-order chi connectivity index (χ0) is 13.8. The summed E-state index contributed by atoms with van der Waals surface area (Å²) in [6, 6.07) is 4.03. The Morgan fingerprint density at radius 2 is 2.26 bits per heavy atom. The number of imidazole rings is 1. The zero-order valence-electron chi connectivity index (χ0n) is 11.3. The van der Waals surface area contributed by atoms with E-state index in [-0.39, 0.29) is 0 Å². The third-order valence-electron chi connectivity index (χ3n) is 2.63. The molecule has 2 heterocycles. The number of aromatic nitrogens is 2. The second-order valence-corrected chi connectivity index (χ2v) is 4.72. The van der Waals surface area contributed by atoms with Crippen LogP contribution in [-0.2, 0) is 6.54 Å². The molecule has 5 heteroatoms. The molecule has 0 saturated heterocycles. The van der Waals surface area contributed by atoms with Gasteiger partial charge in [-0.15, -0.1) is 0 Å². The molecule has 19 heavy (non-hydrogen) atoms. The molecule has 0 unspecified atom stereocenters. The predicted octanol–water partition coefficient (Wildman–Crippen LogP) is 1.62. The van der Waals surface area contributed by atoms with Crippen molar-refractivity contribution in [2.45, 2.75) is 20.4 Å². The van der Waals surface area contributed by atoms with Crippen LogP contribution in [0.3, 0.4) is 0 Å². The molecule has 0 aliphatic heterocycles. The smallest absolute Gasteiger partial charge is 0.189 e. The number of rotatable bonds is 4. The van der Waals surface area contributed by atoms with Crippen LogP contribution < -0.4 is 11.1 Å². The fourth-order valence-corrected chi connectivity index (χ4v) is 1.70. The normalized spacial score (nSPS) is 11.8. The second kappa shape index (κ2) is 5.56. The number of guanidine groups is 1. The summed E-state index contributed by atoms with van der Waals surface area (Å²) in [6.07, 6.45) is 4.01. The lowest BCUT2D eigenvalue weighted by atomic mass is 10.3. The lowest BCUT2D eigenvalue weighted by Crippen LogP contribution is -2.32. The minimum absolute atomic E-state index is 0.413. The third kappa shape index (κ3) is 3.58. The van der Waals surface area contributed by atoms with Crippen molar-refractivity contribution >= 4 is 11.6 Å². The van der Waals surface area contributed by atoms with E-state index in [1.54, 1.807) is 0 Å². The molecule has 2 rings (SSSR count). The standard InChI is InChI=1S/C14H19N5/c1-10(2)6-16-14(15)17-7-12-9-19-8-11(3)4-5-13(19)18-12/h4-5,8-9H,1,6-7H2,2-3H3,(H3,15,16,17). The average molecular weight is 257 g/mol. The summed E-state index contributed by atoms with van der Waals surface area (Å²) < 4.78 is 2.00. The largest absolute Gasteiger partial charge is 0.370 e. The van der Waals surface area contributed by atoms with Gasteiger partial charge in [0.05, 0.1) is 12.2 Å². The van der Waals surface area contributed by atoms with Gasteiger partial charge in [0.1, 0.15) is 5.65 Å². The van der Waals surface area contributed by atoms with Gasteiger partial charge in [-0.2, -0.15) is 0 Å². The first-order valence-corrected chi connectivity index (χ1v) is 6.17. The molecule has 5 nitrogen and oxygen atoms in total. The maximum atomic E-state index is 5.75. The van der Waals surface area contributed by atoms with E-state index in [9.17, 15) is 0 Å². The number of aryl methyl sites for hydroxylation is 1. The van der Waals surface area contributed by atoms with E-state index in [4.69, 9.17) is 5.73 Å². The Balaban J connectivity index is 2.05. The molecule has 3 N–H and O–H groups in total. The molecule has 2 aromatic heterocycles. The van der Waals surface area contributed by atoms with Gasteiger partial charge in [-0.1, -0.05) is 18.2 Å². The highest BCUT2D eigenvalue weighted by atomic mass is 15.1. The van der Waals surface area contributed by atoms with Crippen molar-refractivity contribution in [2.75, 3.05) is 6.54 Å². The first kappa shape index (κ1) is 13.1. The van der Waals surface area contributed by atoms with Gasteiger partial charge in [0, 0.05) is 18.9 Å². The van der Waals surface area contributed by atoms with Crippen molar-refractivity contribution in [3.8, 4) is 0 Å². The number of pyridine rings is 1. The third-order valence-corrected chi connectivity index (χ3v) is 2.63. The summed E-state index contributed by atoms with van der Waals surface area (Å²) in [5.74, 6) is 0.413. The molecule has 0 fully saturated rings. The van der Waals surface area contributed by atoms with Gasteiger partial charge in [0.25, 0.3) is 0 Å².